The van der Waals surface area contributed by atoms with Gasteiger partial charge < -0.3 is 10.2 Å². The van der Waals surface area contributed by atoms with Gasteiger partial charge in [0.05, 0.1) is 0 Å². The van der Waals surface area contributed by atoms with Gasteiger partial charge in [-0.3, -0.25) is 4.57 Å². The third kappa shape index (κ3) is 2.47. The van der Waals surface area contributed by atoms with Crippen LogP contribution in [0.4, 0.5) is 5.82 Å². The second-order valence-corrected chi connectivity index (χ2v) is 3.67. The van der Waals surface area contributed by atoms with Crippen LogP contribution in [0.25, 0.3) is 5.82 Å². The monoisotopic (exact) mass is 248 g/mol. The molecule has 2 aromatic heterocycles. The van der Waals surface area contributed by atoms with Gasteiger partial charge in [-0.2, -0.15) is 0 Å². The molecule has 0 aliphatic rings. The number of hydrazine groups is 1. The molecule has 0 unspecified atom stereocenters. The molecule has 3 N–H and O–H groups in total. The summed E-state index contributed by atoms with van der Waals surface area (Å²) in [4.78, 5) is 12.9. The minimum Gasteiger partial charge on any atom is -0.377 e. The molecule has 96 valence electrons. The highest BCUT2D eigenvalue weighted by Gasteiger charge is 2.08. The molecule has 7 heteroatoms. The van der Waals surface area contributed by atoms with Crippen molar-refractivity contribution in [3.63, 3.8) is 0 Å². The fraction of sp³-hybridized carbons (Fsp3) is 0.364. The number of hydrogen-bond acceptors (Lipinski definition) is 6. The molecule has 0 radical (unpaired) electrons. The molecule has 0 aromatic carbocycles. The average Bonchev–Trinajstić information content (AvgIpc) is 2.87. The lowest BCUT2D eigenvalue weighted by molar-refractivity contribution is 0.178. The molecular weight excluding hydrogens is 232 g/mol. The van der Waals surface area contributed by atoms with Crippen molar-refractivity contribution in [3.05, 3.63) is 30.1 Å². The van der Waals surface area contributed by atoms with E-state index in [4.69, 9.17) is 10.6 Å². The fourth-order valence-electron chi connectivity index (χ4n) is 1.68. The van der Waals surface area contributed by atoms with Gasteiger partial charge in [-0.05, 0) is 0 Å². The first-order chi connectivity index (χ1) is 8.78. The van der Waals surface area contributed by atoms with E-state index >= 15 is 0 Å². The van der Waals surface area contributed by atoms with Crippen LogP contribution in [0.5, 0.6) is 0 Å². The van der Waals surface area contributed by atoms with Gasteiger partial charge in [0.2, 0.25) is 0 Å². The van der Waals surface area contributed by atoms with E-state index in [1.807, 2.05) is 17.7 Å². The Morgan fingerprint density at radius 2 is 2.28 bits per heavy atom. The fourth-order valence-corrected chi connectivity index (χ4v) is 1.68. The molecule has 0 bridgehead atoms. The van der Waals surface area contributed by atoms with Crippen LogP contribution >= 0.6 is 0 Å². The number of nitrogens with two attached hydrogens (primary N) is 1. The summed E-state index contributed by atoms with van der Waals surface area (Å²) in [5.41, 5.74) is 2.53. The second-order valence-electron chi connectivity index (χ2n) is 3.67. The van der Waals surface area contributed by atoms with E-state index < -0.39 is 0 Å². The van der Waals surface area contributed by atoms with Gasteiger partial charge in [-0.25, -0.2) is 20.8 Å². The number of anilines is 1. The third-order valence-electron chi connectivity index (χ3n) is 2.46. The van der Waals surface area contributed by atoms with Crippen LogP contribution in [-0.4, -0.2) is 26.6 Å². The predicted molar refractivity (Wildman–Crippen MR) is 67.1 cm³/mol. The number of rotatable bonds is 5. The average molecular weight is 248 g/mol. The summed E-state index contributed by atoms with van der Waals surface area (Å²) in [5.74, 6) is 8.17. The molecule has 0 atom stereocenters. The van der Waals surface area contributed by atoms with Crippen molar-refractivity contribution in [1.82, 2.24) is 19.5 Å². The first-order valence-electron chi connectivity index (χ1n) is 5.64. The number of hydrogen-bond donors (Lipinski definition) is 2. The van der Waals surface area contributed by atoms with E-state index in [2.05, 4.69) is 20.4 Å². The first-order valence-corrected chi connectivity index (χ1v) is 5.64. The highest BCUT2D eigenvalue weighted by molar-refractivity contribution is 5.41. The number of aromatic nitrogens is 4. The highest BCUT2D eigenvalue weighted by atomic mass is 16.5. The van der Waals surface area contributed by atoms with E-state index in [-0.39, 0.29) is 0 Å². The van der Waals surface area contributed by atoms with Gasteiger partial charge in [-0.1, -0.05) is 6.92 Å². The Bertz CT molecular complexity index is 524. The van der Waals surface area contributed by atoms with Gasteiger partial charge in [0, 0.05) is 32.0 Å². The molecule has 0 amide bonds. The van der Waals surface area contributed by atoms with Gasteiger partial charge in [0.15, 0.2) is 5.82 Å². The number of aryl methyl sites for hydroxylation is 1. The predicted octanol–water partition coefficient (Wildman–Crippen LogP) is 0.657. The Kier molecular flexibility index (Phi) is 3.85. The third-order valence-corrected chi connectivity index (χ3v) is 2.46. The van der Waals surface area contributed by atoms with Crippen LogP contribution in [-0.2, 0) is 17.8 Å². The number of imidazole rings is 1. The summed E-state index contributed by atoms with van der Waals surface area (Å²) in [6.45, 7) is 2.37. The Hall–Kier alpha value is -1.99. The van der Waals surface area contributed by atoms with Crippen molar-refractivity contribution in [2.75, 3.05) is 12.5 Å². The van der Waals surface area contributed by atoms with E-state index in [9.17, 15) is 0 Å². The van der Waals surface area contributed by atoms with Gasteiger partial charge in [-0.15, -0.1) is 0 Å². The lowest BCUT2D eigenvalue weighted by Gasteiger charge is -2.09. The van der Waals surface area contributed by atoms with Crippen molar-refractivity contribution < 1.29 is 4.74 Å². The lowest BCUT2D eigenvalue weighted by Crippen LogP contribution is -2.13. The number of methoxy groups -OCH3 is 1. The maximum absolute atomic E-state index is 5.40. The quantitative estimate of drug-likeness (QED) is 0.596. The van der Waals surface area contributed by atoms with Crippen molar-refractivity contribution in [2.24, 2.45) is 5.84 Å². The molecule has 18 heavy (non-hydrogen) atoms. The summed E-state index contributed by atoms with van der Waals surface area (Å²) in [6, 6.07) is 1.76. The Morgan fingerprint density at radius 3 is 2.94 bits per heavy atom. The lowest BCUT2D eigenvalue weighted by atomic mass is 10.4. The molecule has 0 saturated carbocycles. The topological polar surface area (TPSA) is 90.9 Å². The first kappa shape index (κ1) is 12.5. The van der Waals surface area contributed by atoms with Crippen LogP contribution in [0.15, 0.2) is 18.5 Å². The van der Waals surface area contributed by atoms with Crippen LogP contribution in [0.2, 0.25) is 0 Å². The summed E-state index contributed by atoms with van der Waals surface area (Å²) in [7, 11) is 1.60. The van der Waals surface area contributed by atoms with Crippen molar-refractivity contribution >= 4 is 5.82 Å². The molecule has 7 nitrogen and oxygen atoms in total. The van der Waals surface area contributed by atoms with Crippen molar-refractivity contribution in [2.45, 2.75) is 20.0 Å². The van der Waals surface area contributed by atoms with Crippen LogP contribution in [0, 0.1) is 0 Å². The number of nitrogens with one attached hydrogen (secondary N) is 1. The van der Waals surface area contributed by atoms with Gasteiger partial charge >= 0.3 is 0 Å². The van der Waals surface area contributed by atoms with Gasteiger partial charge in [0.25, 0.3) is 0 Å². The van der Waals surface area contributed by atoms with Crippen LogP contribution in [0.1, 0.15) is 18.6 Å². The molecule has 2 aromatic rings. The highest BCUT2D eigenvalue weighted by Crippen LogP contribution is 2.13. The SMILES string of the molecule is CCc1nccn1-c1cc(NN)nc(COC)n1. The van der Waals surface area contributed by atoms with E-state index in [1.54, 1.807) is 19.4 Å². The smallest absolute Gasteiger partial charge is 0.158 e. The number of nitrogens with zero attached hydrogens (tertiary/aromatic N) is 4. The molecule has 0 fully saturated rings. The molecule has 0 aliphatic heterocycles. The Morgan fingerprint density at radius 1 is 1.44 bits per heavy atom. The largest absolute Gasteiger partial charge is 0.377 e. The zero-order valence-corrected chi connectivity index (χ0v) is 10.4. The number of nitrogen functional groups attached to an aromatic ring is 1. The zero-order valence-electron chi connectivity index (χ0n) is 10.4. The molecule has 0 aliphatic carbocycles. The molecule has 2 heterocycles. The molecule has 2 rings (SSSR count). The van der Waals surface area contributed by atoms with Crippen LogP contribution < -0.4 is 11.3 Å². The Balaban J connectivity index is 2.46. The summed E-state index contributed by atoms with van der Waals surface area (Å²) < 4.78 is 6.94. The summed E-state index contributed by atoms with van der Waals surface area (Å²) >= 11 is 0. The minimum atomic E-state index is 0.332. The summed E-state index contributed by atoms with van der Waals surface area (Å²) in [5, 5.41) is 0. The molecule has 0 saturated heterocycles. The maximum atomic E-state index is 5.40. The molecule has 0 spiro atoms. The minimum absolute atomic E-state index is 0.332. The second kappa shape index (κ2) is 5.56. The maximum Gasteiger partial charge on any atom is 0.158 e. The van der Waals surface area contributed by atoms with Crippen molar-refractivity contribution in [3.8, 4) is 5.82 Å². The van der Waals surface area contributed by atoms with Crippen molar-refractivity contribution in [1.29, 1.82) is 0 Å². The van der Waals surface area contributed by atoms with E-state index in [0.29, 0.717) is 18.2 Å². The zero-order chi connectivity index (χ0) is 13.0. The van der Waals surface area contributed by atoms with Gasteiger partial charge in [0.1, 0.15) is 24.1 Å². The van der Waals surface area contributed by atoms with E-state index in [1.165, 1.54) is 0 Å². The summed E-state index contributed by atoms with van der Waals surface area (Å²) in [6.07, 6.45) is 4.42. The number of ether oxygens (including phenoxy) is 1. The standard InChI is InChI=1S/C11H16N6O/c1-3-10-13-4-5-17(10)11-6-8(16-12)14-9(15-11)7-18-2/h4-6H,3,7,12H2,1-2H3,(H,14,15,16). The van der Waals surface area contributed by atoms with Crippen LogP contribution in [0.3, 0.4) is 0 Å². The normalized spacial score (nSPS) is 10.6. The van der Waals surface area contributed by atoms with E-state index in [0.717, 1.165) is 18.1 Å². The Labute approximate surface area is 105 Å². The molecular formula is C11H16N6O.